The third-order valence-corrected chi connectivity index (χ3v) is 1.55. The Labute approximate surface area is 75.8 Å². The van der Waals surface area contributed by atoms with Crippen LogP contribution in [-0.2, 0) is 0 Å². The van der Waals surface area contributed by atoms with Crippen LogP contribution >= 0.6 is 0 Å². The van der Waals surface area contributed by atoms with E-state index in [9.17, 15) is 0 Å². The molecule has 72 valence electrons. The third kappa shape index (κ3) is 2.92. The molecule has 0 aliphatic rings. The minimum Gasteiger partial charge on any atom is -0.395 e. The molecule has 0 bridgehead atoms. The molecule has 1 aromatic rings. The topological polar surface area (TPSA) is 82.4 Å². The highest BCUT2D eigenvalue weighted by Gasteiger charge is 2.05. The van der Waals surface area contributed by atoms with Gasteiger partial charge in [0.15, 0.2) is 5.82 Å². The summed E-state index contributed by atoms with van der Waals surface area (Å²) in [5.41, 5.74) is 0. The molecule has 1 heterocycles. The van der Waals surface area contributed by atoms with Crippen molar-refractivity contribution in [2.75, 3.05) is 31.2 Å². The lowest BCUT2D eigenvalue weighted by molar-refractivity contribution is 0.280. The summed E-state index contributed by atoms with van der Waals surface area (Å²) in [6.07, 6.45) is 1.52. The van der Waals surface area contributed by atoms with E-state index in [-0.39, 0.29) is 13.2 Å². The molecular weight excluding hydrogens is 172 g/mol. The normalized spacial score (nSPS) is 10.0. The number of aliphatic hydroxyl groups excluding tert-OH is 2. The Morgan fingerprint density at radius 1 is 1.23 bits per heavy atom. The summed E-state index contributed by atoms with van der Waals surface area (Å²) >= 11 is 0. The number of nitrogens with zero attached hydrogens (tertiary/aromatic N) is 4. The number of hydrogen-bond donors (Lipinski definition) is 2. The molecule has 0 aliphatic heterocycles. The van der Waals surface area contributed by atoms with E-state index >= 15 is 0 Å². The van der Waals surface area contributed by atoms with Crippen molar-refractivity contribution in [2.24, 2.45) is 0 Å². The van der Waals surface area contributed by atoms with Gasteiger partial charge >= 0.3 is 0 Å². The first kappa shape index (κ1) is 9.82. The SMILES string of the molecule is OCCN(CCO)c1ccnnn1. The number of anilines is 1. The van der Waals surface area contributed by atoms with Crippen molar-refractivity contribution in [3.05, 3.63) is 12.3 Å². The average molecular weight is 184 g/mol. The predicted octanol–water partition coefficient (Wildman–Crippen LogP) is -1.34. The van der Waals surface area contributed by atoms with Gasteiger partial charge in [0.2, 0.25) is 0 Å². The maximum atomic E-state index is 8.74. The zero-order chi connectivity index (χ0) is 9.52. The number of rotatable bonds is 5. The van der Waals surface area contributed by atoms with E-state index in [0.717, 1.165) is 0 Å². The fraction of sp³-hybridized carbons (Fsp3) is 0.571. The fourth-order valence-electron chi connectivity index (χ4n) is 0.986. The van der Waals surface area contributed by atoms with Gasteiger partial charge in [-0.1, -0.05) is 0 Å². The molecule has 0 unspecified atom stereocenters. The Balaban J connectivity index is 2.64. The zero-order valence-corrected chi connectivity index (χ0v) is 7.17. The van der Waals surface area contributed by atoms with Crippen molar-refractivity contribution in [1.29, 1.82) is 0 Å². The summed E-state index contributed by atoms with van der Waals surface area (Å²) in [5, 5.41) is 28.2. The van der Waals surface area contributed by atoms with Crippen molar-refractivity contribution >= 4 is 5.82 Å². The van der Waals surface area contributed by atoms with Gasteiger partial charge in [-0.2, -0.15) is 0 Å². The van der Waals surface area contributed by atoms with Crippen molar-refractivity contribution in [1.82, 2.24) is 15.4 Å². The molecule has 2 N–H and O–H groups in total. The van der Waals surface area contributed by atoms with Gasteiger partial charge < -0.3 is 15.1 Å². The average Bonchev–Trinajstić information content (AvgIpc) is 2.19. The molecule has 1 aromatic heterocycles. The van der Waals surface area contributed by atoms with Crippen molar-refractivity contribution in [3.63, 3.8) is 0 Å². The second-order valence-corrected chi connectivity index (χ2v) is 2.41. The zero-order valence-electron chi connectivity index (χ0n) is 7.17. The maximum absolute atomic E-state index is 8.74. The summed E-state index contributed by atoms with van der Waals surface area (Å²) < 4.78 is 0. The van der Waals surface area contributed by atoms with Gasteiger partial charge in [-0.15, -0.1) is 10.2 Å². The lowest BCUT2D eigenvalue weighted by Crippen LogP contribution is -2.30. The molecule has 0 fully saturated rings. The maximum Gasteiger partial charge on any atom is 0.154 e. The van der Waals surface area contributed by atoms with Gasteiger partial charge in [-0.05, 0) is 5.21 Å². The van der Waals surface area contributed by atoms with Crippen LogP contribution in [0.2, 0.25) is 0 Å². The van der Waals surface area contributed by atoms with Gasteiger partial charge in [0.1, 0.15) is 0 Å². The predicted molar refractivity (Wildman–Crippen MR) is 46.2 cm³/mol. The lowest BCUT2D eigenvalue weighted by Gasteiger charge is -2.20. The van der Waals surface area contributed by atoms with Crippen LogP contribution < -0.4 is 4.90 Å². The Morgan fingerprint density at radius 3 is 2.38 bits per heavy atom. The highest BCUT2D eigenvalue weighted by molar-refractivity contribution is 5.35. The van der Waals surface area contributed by atoms with Gasteiger partial charge in [-0.3, -0.25) is 0 Å². The van der Waals surface area contributed by atoms with Crippen LogP contribution in [-0.4, -0.2) is 51.9 Å². The highest BCUT2D eigenvalue weighted by atomic mass is 16.3. The molecule has 0 atom stereocenters. The van der Waals surface area contributed by atoms with Crippen LogP contribution in [0.15, 0.2) is 12.3 Å². The van der Waals surface area contributed by atoms with Crippen LogP contribution in [0.4, 0.5) is 5.82 Å². The number of aromatic nitrogens is 3. The summed E-state index contributed by atoms with van der Waals surface area (Å²) in [6, 6.07) is 1.68. The molecule has 6 heteroatoms. The van der Waals surface area contributed by atoms with Gasteiger partial charge in [-0.25, -0.2) is 0 Å². The first-order valence-corrected chi connectivity index (χ1v) is 3.99. The first-order valence-electron chi connectivity index (χ1n) is 3.99. The molecule has 0 aliphatic carbocycles. The first-order chi connectivity index (χ1) is 6.38. The monoisotopic (exact) mass is 184 g/mol. The summed E-state index contributed by atoms with van der Waals surface area (Å²) in [7, 11) is 0. The van der Waals surface area contributed by atoms with Crippen LogP contribution in [0.3, 0.4) is 0 Å². The van der Waals surface area contributed by atoms with Crippen LogP contribution in [0.25, 0.3) is 0 Å². The van der Waals surface area contributed by atoms with Crippen LogP contribution in [0.5, 0.6) is 0 Å². The van der Waals surface area contributed by atoms with Crippen molar-refractivity contribution in [3.8, 4) is 0 Å². The van der Waals surface area contributed by atoms with E-state index in [1.165, 1.54) is 6.20 Å². The minimum absolute atomic E-state index is 0.0179. The number of aliphatic hydroxyl groups is 2. The summed E-state index contributed by atoms with van der Waals surface area (Å²) in [6.45, 7) is 0.895. The van der Waals surface area contributed by atoms with E-state index in [1.807, 2.05) is 0 Å². The highest BCUT2D eigenvalue weighted by Crippen LogP contribution is 2.05. The van der Waals surface area contributed by atoms with Crippen LogP contribution in [0.1, 0.15) is 0 Å². The third-order valence-electron chi connectivity index (χ3n) is 1.55. The quantitative estimate of drug-likeness (QED) is 0.589. The van der Waals surface area contributed by atoms with Crippen LogP contribution in [0, 0.1) is 0 Å². The Morgan fingerprint density at radius 2 is 1.92 bits per heavy atom. The lowest BCUT2D eigenvalue weighted by atomic mass is 10.4. The van der Waals surface area contributed by atoms with Gasteiger partial charge in [0.25, 0.3) is 0 Å². The molecule has 0 aromatic carbocycles. The molecule has 0 saturated carbocycles. The molecule has 0 saturated heterocycles. The van der Waals surface area contributed by atoms with Gasteiger partial charge in [0, 0.05) is 19.2 Å². The second kappa shape index (κ2) is 5.39. The molecule has 1 rings (SSSR count). The number of hydrogen-bond acceptors (Lipinski definition) is 6. The van der Waals surface area contributed by atoms with E-state index in [1.54, 1.807) is 11.0 Å². The second-order valence-electron chi connectivity index (χ2n) is 2.41. The molecule has 13 heavy (non-hydrogen) atoms. The van der Waals surface area contributed by atoms with Crippen molar-refractivity contribution in [2.45, 2.75) is 0 Å². The molecule has 6 nitrogen and oxygen atoms in total. The summed E-state index contributed by atoms with van der Waals surface area (Å²) in [5.74, 6) is 0.609. The molecule has 0 amide bonds. The largest absolute Gasteiger partial charge is 0.395 e. The van der Waals surface area contributed by atoms with E-state index < -0.39 is 0 Å². The Bertz CT molecular complexity index is 225. The van der Waals surface area contributed by atoms with E-state index in [4.69, 9.17) is 10.2 Å². The fourth-order valence-corrected chi connectivity index (χ4v) is 0.986. The molecule has 0 spiro atoms. The summed E-state index contributed by atoms with van der Waals surface area (Å²) in [4.78, 5) is 1.73. The Kier molecular flexibility index (Phi) is 4.07. The van der Waals surface area contributed by atoms with E-state index in [2.05, 4.69) is 15.4 Å². The minimum atomic E-state index is 0.0179. The molecular formula is C7H12N4O2. The molecule has 0 radical (unpaired) electrons. The Hall–Kier alpha value is -1.27. The van der Waals surface area contributed by atoms with Gasteiger partial charge in [0.05, 0.1) is 19.4 Å². The van der Waals surface area contributed by atoms with Crippen molar-refractivity contribution < 1.29 is 10.2 Å². The standard InChI is InChI=1S/C7H12N4O2/c12-5-3-11(4-6-13)7-1-2-8-10-9-7/h1-2,12-13H,3-6H2. The smallest absolute Gasteiger partial charge is 0.154 e. The van der Waals surface area contributed by atoms with E-state index in [0.29, 0.717) is 18.9 Å².